The van der Waals surface area contributed by atoms with E-state index in [0.29, 0.717) is 12.1 Å². The van der Waals surface area contributed by atoms with Crippen LogP contribution in [0.1, 0.15) is 24.2 Å². The predicted octanol–water partition coefficient (Wildman–Crippen LogP) is 1.71. The molecule has 4 heteroatoms. The molecular formula is C14H22N2O2. The van der Waals surface area contributed by atoms with Crippen LogP contribution in [0.25, 0.3) is 0 Å². The highest BCUT2D eigenvalue weighted by Gasteiger charge is 2.20. The first-order chi connectivity index (χ1) is 8.30. The first kappa shape index (κ1) is 14.5. The van der Waals surface area contributed by atoms with E-state index < -0.39 is 0 Å². The summed E-state index contributed by atoms with van der Waals surface area (Å²) in [5.74, 6) is -0.0482. The Morgan fingerprint density at radius 2 is 2.06 bits per heavy atom. The molecule has 4 nitrogen and oxygen atoms in total. The summed E-state index contributed by atoms with van der Waals surface area (Å²) in [6.07, 6.45) is 0. The minimum atomic E-state index is -0.155. The maximum absolute atomic E-state index is 11.9. The van der Waals surface area contributed by atoms with Crippen molar-refractivity contribution in [2.24, 2.45) is 5.41 Å². The Bertz CT molecular complexity index is 414. The molecule has 0 aliphatic rings. The van der Waals surface area contributed by atoms with Gasteiger partial charge in [0.05, 0.1) is 0 Å². The van der Waals surface area contributed by atoms with E-state index in [2.05, 4.69) is 24.1 Å². The summed E-state index contributed by atoms with van der Waals surface area (Å²) in [4.78, 5) is 14.0. The summed E-state index contributed by atoms with van der Waals surface area (Å²) in [5, 5.41) is 12.2. The molecule has 0 unspecified atom stereocenters. The van der Waals surface area contributed by atoms with E-state index >= 15 is 0 Å². The highest BCUT2D eigenvalue weighted by Crippen LogP contribution is 2.15. The lowest BCUT2D eigenvalue weighted by Crippen LogP contribution is -2.39. The van der Waals surface area contributed by atoms with Gasteiger partial charge in [0.15, 0.2) is 0 Å². The summed E-state index contributed by atoms with van der Waals surface area (Å²) in [5.41, 5.74) is 0.492. The van der Waals surface area contributed by atoms with Crippen molar-refractivity contribution in [3.63, 3.8) is 0 Å². The number of benzene rings is 1. The van der Waals surface area contributed by atoms with Crippen LogP contribution >= 0.6 is 0 Å². The predicted molar refractivity (Wildman–Crippen MR) is 72.8 cm³/mol. The number of hydrogen-bond donors (Lipinski definition) is 2. The molecule has 1 amide bonds. The Hall–Kier alpha value is -1.55. The van der Waals surface area contributed by atoms with Crippen molar-refractivity contribution in [3.8, 4) is 5.75 Å². The Morgan fingerprint density at radius 3 is 2.61 bits per heavy atom. The summed E-state index contributed by atoms with van der Waals surface area (Å²) in [7, 11) is 4.03. The number of phenols is 1. The number of nitrogens with zero attached hydrogens (tertiary/aromatic N) is 1. The van der Waals surface area contributed by atoms with Gasteiger partial charge in [0.25, 0.3) is 5.91 Å². The van der Waals surface area contributed by atoms with E-state index in [-0.39, 0.29) is 17.1 Å². The average molecular weight is 250 g/mol. The molecule has 0 fully saturated rings. The van der Waals surface area contributed by atoms with Crippen molar-refractivity contribution in [1.82, 2.24) is 10.2 Å². The zero-order chi connectivity index (χ0) is 13.8. The molecule has 18 heavy (non-hydrogen) atoms. The maximum atomic E-state index is 11.9. The smallest absolute Gasteiger partial charge is 0.251 e. The molecule has 0 radical (unpaired) electrons. The van der Waals surface area contributed by atoms with Crippen LogP contribution < -0.4 is 5.32 Å². The molecule has 1 rings (SSSR count). The van der Waals surface area contributed by atoms with Gasteiger partial charge in [-0.2, -0.15) is 0 Å². The number of carbonyl (C=O) groups excluding carboxylic acids is 1. The fraction of sp³-hybridized carbons (Fsp3) is 0.500. The quantitative estimate of drug-likeness (QED) is 0.836. The van der Waals surface area contributed by atoms with Crippen molar-refractivity contribution in [3.05, 3.63) is 29.8 Å². The van der Waals surface area contributed by atoms with Gasteiger partial charge in [-0.15, -0.1) is 0 Å². The minimum Gasteiger partial charge on any atom is -0.508 e. The van der Waals surface area contributed by atoms with E-state index in [4.69, 9.17) is 0 Å². The second-order valence-corrected chi connectivity index (χ2v) is 5.64. The second kappa shape index (κ2) is 5.87. The lowest BCUT2D eigenvalue weighted by atomic mass is 9.93. The van der Waals surface area contributed by atoms with Gasteiger partial charge in [-0.1, -0.05) is 19.9 Å². The zero-order valence-corrected chi connectivity index (χ0v) is 11.5. The van der Waals surface area contributed by atoms with Crippen molar-refractivity contribution < 1.29 is 9.90 Å². The molecule has 0 aliphatic carbocycles. The van der Waals surface area contributed by atoms with Gasteiger partial charge >= 0.3 is 0 Å². The Kier molecular flexibility index (Phi) is 4.73. The topological polar surface area (TPSA) is 52.6 Å². The number of rotatable bonds is 5. The third kappa shape index (κ3) is 4.75. The van der Waals surface area contributed by atoms with Gasteiger partial charge in [0, 0.05) is 18.7 Å². The SMILES string of the molecule is CN(C)CC(C)(C)CNC(=O)c1cccc(O)c1. The second-order valence-electron chi connectivity index (χ2n) is 5.64. The van der Waals surface area contributed by atoms with E-state index in [1.165, 1.54) is 6.07 Å². The van der Waals surface area contributed by atoms with Crippen LogP contribution in [-0.2, 0) is 0 Å². The number of amides is 1. The molecule has 0 saturated carbocycles. The summed E-state index contributed by atoms with van der Waals surface area (Å²) < 4.78 is 0. The van der Waals surface area contributed by atoms with Gasteiger partial charge in [-0.3, -0.25) is 4.79 Å². The molecule has 0 aliphatic heterocycles. The molecule has 0 spiro atoms. The maximum Gasteiger partial charge on any atom is 0.251 e. The Balaban J connectivity index is 2.56. The Labute approximate surface area is 109 Å². The number of aromatic hydroxyl groups is 1. The number of hydrogen-bond acceptors (Lipinski definition) is 3. The average Bonchev–Trinajstić information content (AvgIpc) is 2.24. The standard InChI is InChI=1S/C14H22N2O2/c1-14(2,10-16(3)4)9-15-13(18)11-6-5-7-12(17)8-11/h5-8,17H,9-10H2,1-4H3,(H,15,18). The van der Waals surface area contributed by atoms with Gasteiger partial charge in [0.2, 0.25) is 0 Å². The molecule has 1 aromatic carbocycles. The lowest BCUT2D eigenvalue weighted by Gasteiger charge is -2.28. The fourth-order valence-electron chi connectivity index (χ4n) is 1.98. The molecule has 0 heterocycles. The fourth-order valence-corrected chi connectivity index (χ4v) is 1.98. The lowest BCUT2D eigenvalue weighted by molar-refractivity contribution is 0.0929. The van der Waals surface area contributed by atoms with Crippen molar-refractivity contribution in [1.29, 1.82) is 0 Å². The van der Waals surface area contributed by atoms with E-state index in [1.54, 1.807) is 18.2 Å². The summed E-state index contributed by atoms with van der Waals surface area (Å²) in [6, 6.07) is 6.37. The van der Waals surface area contributed by atoms with Gasteiger partial charge < -0.3 is 15.3 Å². The highest BCUT2D eigenvalue weighted by atomic mass is 16.3. The molecule has 0 saturated heterocycles. The summed E-state index contributed by atoms with van der Waals surface area (Å²) in [6.45, 7) is 5.71. The molecule has 0 atom stereocenters. The largest absolute Gasteiger partial charge is 0.508 e. The van der Waals surface area contributed by atoms with E-state index in [1.807, 2.05) is 14.1 Å². The highest BCUT2D eigenvalue weighted by molar-refractivity contribution is 5.94. The number of carbonyl (C=O) groups is 1. The van der Waals surface area contributed by atoms with E-state index in [0.717, 1.165) is 6.54 Å². The monoisotopic (exact) mass is 250 g/mol. The van der Waals surface area contributed by atoms with Crippen LogP contribution in [-0.4, -0.2) is 43.1 Å². The van der Waals surface area contributed by atoms with Crippen molar-refractivity contribution >= 4 is 5.91 Å². The summed E-state index contributed by atoms with van der Waals surface area (Å²) >= 11 is 0. The third-order valence-corrected chi connectivity index (χ3v) is 2.58. The van der Waals surface area contributed by atoms with Gasteiger partial charge in [-0.05, 0) is 37.7 Å². The Morgan fingerprint density at radius 1 is 1.39 bits per heavy atom. The molecule has 1 aromatic rings. The molecule has 100 valence electrons. The van der Waals surface area contributed by atoms with Crippen molar-refractivity contribution in [2.45, 2.75) is 13.8 Å². The normalized spacial score (nSPS) is 11.6. The zero-order valence-electron chi connectivity index (χ0n) is 11.5. The molecule has 0 bridgehead atoms. The van der Waals surface area contributed by atoms with Gasteiger partial charge in [-0.25, -0.2) is 0 Å². The molecule has 0 aromatic heterocycles. The van der Waals surface area contributed by atoms with Crippen LogP contribution in [0.3, 0.4) is 0 Å². The van der Waals surface area contributed by atoms with Crippen LogP contribution in [0.4, 0.5) is 0 Å². The first-order valence-electron chi connectivity index (χ1n) is 6.02. The molecule has 2 N–H and O–H groups in total. The van der Waals surface area contributed by atoms with Crippen LogP contribution in [0, 0.1) is 5.41 Å². The number of phenolic OH excluding ortho intramolecular Hbond substituents is 1. The van der Waals surface area contributed by atoms with Crippen LogP contribution in [0.15, 0.2) is 24.3 Å². The van der Waals surface area contributed by atoms with Crippen LogP contribution in [0.2, 0.25) is 0 Å². The third-order valence-electron chi connectivity index (χ3n) is 2.58. The van der Waals surface area contributed by atoms with E-state index in [9.17, 15) is 9.90 Å². The first-order valence-corrected chi connectivity index (χ1v) is 6.02. The van der Waals surface area contributed by atoms with Gasteiger partial charge in [0.1, 0.15) is 5.75 Å². The minimum absolute atomic E-state index is 0.00991. The van der Waals surface area contributed by atoms with Crippen molar-refractivity contribution in [2.75, 3.05) is 27.2 Å². The molecular weight excluding hydrogens is 228 g/mol. The number of nitrogens with one attached hydrogen (secondary N) is 1. The van der Waals surface area contributed by atoms with Crippen LogP contribution in [0.5, 0.6) is 5.75 Å².